The summed E-state index contributed by atoms with van der Waals surface area (Å²) in [6.07, 6.45) is 6.25. The normalized spacial score (nSPS) is 11.3. The first-order valence-electron chi connectivity index (χ1n) is 6.80. The van der Waals surface area contributed by atoms with Crippen LogP contribution in [0.2, 0.25) is 0 Å². The van der Waals surface area contributed by atoms with E-state index in [0.29, 0.717) is 0 Å². The van der Waals surface area contributed by atoms with E-state index in [2.05, 4.69) is 53.3 Å². The number of hydrogen-bond acceptors (Lipinski definition) is 2. The van der Waals surface area contributed by atoms with Crippen LogP contribution in [0.3, 0.4) is 0 Å². The van der Waals surface area contributed by atoms with Gasteiger partial charge in [0.1, 0.15) is 0 Å². The molecule has 1 heterocycles. The first-order valence-corrected chi connectivity index (χ1v) is 7.21. The molecule has 1 aromatic heterocycles. The van der Waals surface area contributed by atoms with Gasteiger partial charge in [-0.05, 0) is 31.1 Å². The second-order valence-corrected chi connectivity index (χ2v) is 5.28. The molecule has 0 bridgehead atoms. The first-order chi connectivity index (χ1) is 9.63. The smallest absolute Gasteiger partial charge is 0.184 e. The molecule has 5 heteroatoms. The minimum atomic E-state index is 0.173. The fourth-order valence-corrected chi connectivity index (χ4v) is 2.40. The van der Waals surface area contributed by atoms with Crippen molar-refractivity contribution in [2.24, 2.45) is 10.8 Å². The summed E-state index contributed by atoms with van der Waals surface area (Å²) in [4.78, 5) is 0. The summed E-state index contributed by atoms with van der Waals surface area (Å²) in [5, 5.41) is 5.44. The van der Waals surface area contributed by atoms with Crippen LogP contribution in [0.1, 0.15) is 30.9 Å². The number of aromatic nitrogens is 1. The molecular formula is C15H20N4S. The summed E-state index contributed by atoms with van der Waals surface area (Å²) in [7, 11) is 0. The highest BCUT2D eigenvalue weighted by Gasteiger charge is 2.08. The molecule has 0 spiro atoms. The lowest BCUT2D eigenvalue weighted by Crippen LogP contribution is -2.23. The van der Waals surface area contributed by atoms with E-state index >= 15 is 0 Å². The fourth-order valence-electron chi connectivity index (χ4n) is 2.35. The average Bonchev–Trinajstić information content (AvgIpc) is 2.76. The summed E-state index contributed by atoms with van der Waals surface area (Å²) in [6.45, 7) is 5.36. The topological polar surface area (TPSA) is 55.3 Å². The molecule has 2 aromatic rings. The monoisotopic (exact) mass is 288 g/mol. The fraction of sp³-hybridized carbons (Fsp3) is 0.333. The molecule has 0 saturated carbocycles. The molecule has 1 aromatic carbocycles. The predicted molar refractivity (Wildman–Crippen MR) is 89.1 cm³/mol. The summed E-state index contributed by atoms with van der Waals surface area (Å²) in [5.41, 5.74) is 11.6. The van der Waals surface area contributed by atoms with Gasteiger partial charge >= 0.3 is 0 Å². The number of fused-ring (bicyclic) bond motifs is 1. The van der Waals surface area contributed by atoms with Crippen LogP contribution in [0.5, 0.6) is 0 Å². The van der Waals surface area contributed by atoms with Gasteiger partial charge in [-0.15, -0.1) is 0 Å². The van der Waals surface area contributed by atoms with Crippen molar-refractivity contribution in [1.29, 1.82) is 0 Å². The van der Waals surface area contributed by atoms with Crippen LogP contribution in [-0.2, 0) is 6.54 Å². The van der Waals surface area contributed by atoms with Crippen molar-refractivity contribution in [2.75, 3.05) is 0 Å². The molecule has 3 N–H and O–H groups in total. The van der Waals surface area contributed by atoms with E-state index < -0.39 is 0 Å². The number of unbranched alkanes of at least 4 members (excludes halogenated alkanes) is 1. The standard InChI is InChI=1S/C15H20N4S/c1-3-4-8-19-10-12(9-17-18-15(16)20)13-7-5-6-11(2)14(13)19/h5-7,9-10H,3-4,8H2,1-2H3,(H3,16,18,20)/b17-9+. The number of para-hydroxylation sites is 1. The third-order valence-corrected chi connectivity index (χ3v) is 3.35. The molecule has 0 aliphatic heterocycles. The van der Waals surface area contributed by atoms with Crippen molar-refractivity contribution < 1.29 is 0 Å². The largest absolute Gasteiger partial charge is 0.375 e. The summed E-state index contributed by atoms with van der Waals surface area (Å²) in [6, 6.07) is 6.33. The quantitative estimate of drug-likeness (QED) is 0.505. The molecule has 0 aliphatic carbocycles. The zero-order chi connectivity index (χ0) is 14.5. The van der Waals surface area contributed by atoms with E-state index in [-0.39, 0.29) is 5.11 Å². The van der Waals surface area contributed by atoms with Crippen LogP contribution in [0.15, 0.2) is 29.5 Å². The predicted octanol–water partition coefficient (Wildman–Crippen LogP) is 2.92. The second-order valence-electron chi connectivity index (χ2n) is 4.84. The van der Waals surface area contributed by atoms with Crippen molar-refractivity contribution >= 4 is 34.4 Å². The SMILES string of the molecule is CCCCn1cc(/C=N/NC(N)=S)c2cccc(C)c21. The van der Waals surface area contributed by atoms with Crippen molar-refractivity contribution in [3.8, 4) is 0 Å². The van der Waals surface area contributed by atoms with Crippen molar-refractivity contribution in [2.45, 2.75) is 33.2 Å². The molecule has 106 valence electrons. The Kier molecular flexibility index (Phi) is 4.74. The number of nitrogens with two attached hydrogens (primary N) is 1. The van der Waals surface area contributed by atoms with Gasteiger partial charge in [-0.1, -0.05) is 31.5 Å². The van der Waals surface area contributed by atoms with E-state index in [0.717, 1.165) is 12.1 Å². The lowest BCUT2D eigenvalue weighted by Gasteiger charge is -2.05. The second kappa shape index (κ2) is 6.52. The van der Waals surface area contributed by atoms with E-state index in [1.807, 2.05) is 0 Å². The highest BCUT2D eigenvalue weighted by Crippen LogP contribution is 2.24. The first kappa shape index (κ1) is 14.5. The van der Waals surface area contributed by atoms with Gasteiger partial charge in [-0.2, -0.15) is 5.10 Å². The molecule has 0 unspecified atom stereocenters. The highest BCUT2D eigenvalue weighted by atomic mass is 32.1. The zero-order valence-electron chi connectivity index (χ0n) is 11.9. The van der Waals surface area contributed by atoms with E-state index in [9.17, 15) is 0 Å². The van der Waals surface area contributed by atoms with E-state index in [1.165, 1.54) is 29.3 Å². The van der Waals surface area contributed by atoms with Gasteiger partial charge in [-0.25, -0.2) is 0 Å². The number of nitrogens with zero attached hydrogens (tertiary/aromatic N) is 2. The van der Waals surface area contributed by atoms with Gasteiger partial charge in [0, 0.05) is 23.7 Å². The van der Waals surface area contributed by atoms with Crippen molar-refractivity contribution in [1.82, 2.24) is 9.99 Å². The number of hydrogen-bond donors (Lipinski definition) is 2. The molecule has 4 nitrogen and oxygen atoms in total. The van der Waals surface area contributed by atoms with Crippen LogP contribution in [0, 0.1) is 6.92 Å². The Morgan fingerprint density at radius 2 is 2.30 bits per heavy atom. The third kappa shape index (κ3) is 3.17. The maximum absolute atomic E-state index is 5.37. The lowest BCUT2D eigenvalue weighted by atomic mass is 10.1. The van der Waals surface area contributed by atoms with Gasteiger partial charge in [0.05, 0.1) is 11.7 Å². The Morgan fingerprint density at radius 1 is 1.50 bits per heavy atom. The van der Waals surface area contributed by atoms with Crippen LogP contribution >= 0.6 is 12.2 Å². The Labute approximate surface area is 124 Å². The summed E-state index contributed by atoms with van der Waals surface area (Å²) >= 11 is 4.74. The van der Waals surface area contributed by atoms with Crippen LogP contribution in [0.4, 0.5) is 0 Å². The Balaban J connectivity index is 2.42. The molecule has 2 rings (SSSR count). The average molecular weight is 288 g/mol. The number of rotatable bonds is 5. The molecule has 0 saturated heterocycles. The third-order valence-electron chi connectivity index (χ3n) is 3.26. The van der Waals surface area contributed by atoms with Gasteiger partial charge in [0.2, 0.25) is 0 Å². The van der Waals surface area contributed by atoms with Gasteiger partial charge in [0.15, 0.2) is 5.11 Å². The number of thiocarbonyl (C=S) groups is 1. The van der Waals surface area contributed by atoms with Crippen molar-refractivity contribution in [3.05, 3.63) is 35.5 Å². The molecule has 0 fully saturated rings. The minimum Gasteiger partial charge on any atom is -0.375 e. The van der Waals surface area contributed by atoms with Crippen LogP contribution < -0.4 is 11.2 Å². The van der Waals surface area contributed by atoms with Gasteiger partial charge in [-0.3, -0.25) is 5.43 Å². The Bertz CT molecular complexity index is 643. The minimum absolute atomic E-state index is 0.173. The zero-order valence-corrected chi connectivity index (χ0v) is 12.7. The molecule has 0 radical (unpaired) electrons. The molecular weight excluding hydrogens is 268 g/mol. The van der Waals surface area contributed by atoms with Gasteiger partial charge in [0.25, 0.3) is 0 Å². The number of nitrogens with one attached hydrogen (secondary N) is 1. The molecule has 20 heavy (non-hydrogen) atoms. The maximum Gasteiger partial charge on any atom is 0.184 e. The summed E-state index contributed by atoms with van der Waals surface area (Å²) in [5.74, 6) is 0. The Hall–Kier alpha value is -1.88. The van der Waals surface area contributed by atoms with Gasteiger partial charge < -0.3 is 10.3 Å². The molecule has 0 aliphatic rings. The number of hydrazone groups is 1. The molecule has 0 amide bonds. The van der Waals surface area contributed by atoms with E-state index in [1.54, 1.807) is 6.21 Å². The van der Waals surface area contributed by atoms with Crippen LogP contribution in [-0.4, -0.2) is 15.9 Å². The Morgan fingerprint density at radius 3 is 3.00 bits per heavy atom. The number of aryl methyl sites for hydroxylation is 2. The van der Waals surface area contributed by atoms with Crippen LogP contribution in [0.25, 0.3) is 10.9 Å². The lowest BCUT2D eigenvalue weighted by molar-refractivity contribution is 0.649. The highest BCUT2D eigenvalue weighted by molar-refractivity contribution is 7.80. The number of benzene rings is 1. The maximum atomic E-state index is 5.37. The molecule has 0 atom stereocenters. The van der Waals surface area contributed by atoms with Crippen molar-refractivity contribution in [3.63, 3.8) is 0 Å². The van der Waals surface area contributed by atoms with E-state index in [4.69, 9.17) is 18.0 Å². The summed E-state index contributed by atoms with van der Waals surface area (Å²) < 4.78 is 2.30.